The number of rotatable bonds is 18. The third kappa shape index (κ3) is 11.8. The first-order chi connectivity index (χ1) is 25.2. The summed E-state index contributed by atoms with van der Waals surface area (Å²) in [5.41, 5.74) is 2.75. The van der Waals surface area contributed by atoms with Crippen molar-refractivity contribution in [1.82, 2.24) is 10.3 Å². The van der Waals surface area contributed by atoms with Gasteiger partial charge in [-0.1, -0.05) is 31.2 Å². The summed E-state index contributed by atoms with van der Waals surface area (Å²) in [5.74, 6) is -0.832. The van der Waals surface area contributed by atoms with Gasteiger partial charge in [-0.25, -0.2) is 0 Å². The van der Waals surface area contributed by atoms with Crippen LogP contribution in [-0.2, 0) is 27.2 Å². The van der Waals surface area contributed by atoms with E-state index >= 15 is 0 Å². The van der Waals surface area contributed by atoms with Gasteiger partial charge in [0.15, 0.2) is 0 Å². The second kappa shape index (κ2) is 19.1. The zero-order valence-corrected chi connectivity index (χ0v) is 31.4. The maximum absolute atomic E-state index is 13.8. The van der Waals surface area contributed by atoms with Gasteiger partial charge in [0.25, 0.3) is 11.8 Å². The summed E-state index contributed by atoms with van der Waals surface area (Å²) in [5, 5.41) is 14.8. The summed E-state index contributed by atoms with van der Waals surface area (Å²) in [6, 6.07) is 20.8. The lowest BCUT2D eigenvalue weighted by molar-refractivity contribution is -0.137. The standard InChI is InChI=1S/C40H47F3N4O5S/c1-6-47(7-2)33-14-15-35(46-38(50)29-11-9-12-31(23-29)39(4,5)51-20-17-27(3)53-52-21-19-48)34(25-33)36-24-30(16-18-44-36)37(49)45-26-28-10-8-13-32(22-28)40(41,42)43/h8-16,18,22-25,27,48H,6-7,17,19-21,26H2,1-5H3,(H,45,49)(H,46,50). The molecule has 0 saturated carbocycles. The zero-order valence-electron chi connectivity index (χ0n) is 30.6. The van der Waals surface area contributed by atoms with Gasteiger partial charge in [0.1, 0.15) is 0 Å². The number of pyridine rings is 1. The number of nitrogens with zero attached hydrogens (tertiary/aromatic N) is 2. The summed E-state index contributed by atoms with van der Waals surface area (Å²) < 4.78 is 51.2. The molecule has 0 saturated heterocycles. The van der Waals surface area contributed by atoms with Crippen LogP contribution in [0.15, 0.2) is 85.1 Å². The Kier molecular flexibility index (Phi) is 14.9. The first kappa shape index (κ1) is 41.3. The molecule has 2 amide bonds. The Morgan fingerprint density at radius 3 is 2.34 bits per heavy atom. The number of aliphatic hydroxyl groups excluding tert-OH is 1. The Balaban J connectivity index is 1.54. The molecular formula is C40H47F3N4O5S. The van der Waals surface area contributed by atoms with Crippen molar-refractivity contribution in [3.05, 3.63) is 113 Å². The first-order valence-electron chi connectivity index (χ1n) is 17.5. The van der Waals surface area contributed by atoms with Gasteiger partial charge in [-0.2, -0.15) is 13.2 Å². The summed E-state index contributed by atoms with van der Waals surface area (Å²) in [6.45, 7) is 12.1. The number of amides is 2. The number of anilines is 2. The number of hydrogen-bond acceptors (Lipinski definition) is 8. The molecule has 0 bridgehead atoms. The normalized spacial score (nSPS) is 12.3. The molecule has 0 spiro atoms. The van der Waals surface area contributed by atoms with Crippen molar-refractivity contribution >= 4 is 35.2 Å². The lowest BCUT2D eigenvalue weighted by Crippen LogP contribution is -2.24. The maximum atomic E-state index is 13.8. The Morgan fingerprint density at radius 1 is 0.906 bits per heavy atom. The fraction of sp³-hybridized carbons (Fsp3) is 0.375. The second-order valence-electron chi connectivity index (χ2n) is 12.8. The van der Waals surface area contributed by atoms with E-state index in [4.69, 9.17) is 14.0 Å². The Morgan fingerprint density at radius 2 is 1.62 bits per heavy atom. The smallest absolute Gasteiger partial charge is 0.394 e. The molecule has 0 radical (unpaired) electrons. The monoisotopic (exact) mass is 752 g/mol. The van der Waals surface area contributed by atoms with Crippen molar-refractivity contribution in [3.8, 4) is 11.3 Å². The molecule has 1 atom stereocenters. The molecule has 4 aromatic rings. The van der Waals surface area contributed by atoms with Gasteiger partial charge in [-0.3, -0.25) is 14.6 Å². The third-order valence-corrected chi connectivity index (χ3v) is 9.47. The molecule has 4 rings (SSSR count). The molecular weight excluding hydrogens is 706 g/mol. The number of nitrogens with one attached hydrogen (secondary N) is 2. The van der Waals surface area contributed by atoms with Gasteiger partial charge in [-0.15, -0.1) is 0 Å². The fourth-order valence-corrected chi connectivity index (χ4v) is 6.14. The highest BCUT2D eigenvalue weighted by Gasteiger charge is 2.30. The van der Waals surface area contributed by atoms with Crippen LogP contribution in [0.25, 0.3) is 11.3 Å². The molecule has 0 aliphatic carbocycles. The second-order valence-corrected chi connectivity index (χ2v) is 14.1. The van der Waals surface area contributed by atoms with Crippen LogP contribution in [0, 0.1) is 0 Å². The van der Waals surface area contributed by atoms with E-state index in [1.807, 2.05) is 65.0 Å². The van der Waals surface area contributed by atoms with Crippen molar-refractivity contribution in [2.45, 2.75) is 64.6 Å². The van der Waals surface area contributed by atoms with Crippen molar-refractivity contribution in [1.29, 1.82) is 0 Å². The predicted molar refractivity (Wildman–Crippen MR) is 204 cm³/mol. The molecule has 0 aliphatic rings. The summed E-state index contributed by atoms with van der Waals surface area (Å²) in [6.07, 6.45) is -2.27. The lowest BCUT2D eigenvalue weighted by atomic mass is 9.95. The van der Waals surface area contributed by atoms with Crippen LogP contribution in [0.1, 0.15) is 78.4 Å². The van der Waals surface area contributed by atoms with Gasteiger partial charge in [0, 0.05) is 60.1 Å². The van der Waals surface area contributed by atoms with E-state index in [-0.39, 0.29) is 36.5 Å². The van der Waals surface area contributed by atoms with E-state index in [1.54, 1.807) is 18.2 Å². The van der Waals surface area contributed by atoms with Gasteiger partial charge < -0.3 is 29.6 Å². The maximum Gasteiger partial charge on any atom is 0.416 e. The molecule has 3 N–H and O–H groups in total. The molecule has 284 valence electrons. The van der Waals surface area contributed by atoms with Crippen LogP contribution in [0.3, 0.4) is 0 Å². The minimum atomic E-state index is -4.49. The molecule has 13 heteroatoms. The van der Waals surface area contributed by atoms with E-state index in [0.29, 0.717) is 34.7 Å². The quantitative estimate of drug-likeness (QED) is 0.0686. The van der Waals surface area contributed by atoms with Crippen LogP contribution in [0.2, 0.25) is 0 Å². The molecule has 1 aromatic heterocycles. The number of carbonyl (C=O) groups is 2. The van der Waals surface area contributed by atoms with Crippen molar-refractivity contribution in [2.75, 3.05) is 43.1 Å². The number of aromatic nitrogens is 1. The van der Waals surface area contributed by atoms with Crippen molar-refractivity contribution < 1.29 is 36.8 Å². The number of carbonyl (C=O) groups excluding carboxylic acids is 2. The average molecular weight is 753 g/mol. The first-order valence-corrected chi connectivity index (χ1v) is 18.3. The Bertz CT molecular complexity index is 1830. The minimum Gasteiger partial charge on any atom is -0.394 e. The number of alkyl halides is 3. The molecule has 0 aliphatic heterocycles. The van der Waals surface area contributed by atoms with E-state index in [1.165, 1.54) is 36.4 Å². The van der Waals surface area contributed by atoms with Crippen LogP contribution in [-0.4, -0.2) is 60.1 Å². The number of halogens is 3. The average Bonchev–Trinajstić information content (AvgIpc) is 3.14. The molecule has 0 fully saturated rings. The highest BCUT2D eigenvalue weighted by atomic mass is 32.2. The summed E-state index contributed by atoms with van der Waals surface area (Å²) >= 11 is 1.31. The third-order valence-electron chi connectivity index (χ3n) is 8.60. The molecule has 1 unspecified atom stereocenters. The highest BCUT2D eigenvalue weighted by molar-refractivity contribution is 7.95. The SMILES string of the molecule is CCN(CC)c1ccc(NC(=O)c2cccc(C(C)(C)OCCC(C)SOCCO)c2)c(-c2cc(C(=O)NCc3cccc(C(F)(F)F)c3)ccn2)c1. The van der Waals surface area contributed by atoms with Crippen LogP contribution < -0.4 is 15.5 Å². The molecule has 53 heavy (non-hydrogen) atoms. The van der Waals surface area contributed by atoms with Crippen molar-refractivity contribution in [2.24, 2.45) is 0 Å². The number of ether oxygens (including phenoxy) is 1. The molecule has 9 nitrogen and oxygen atoms in total. The van der Waals surface area contributed by atoms with E-state index in [9.17, 15) is 22.8 Å². The van der Waals surface area contributed by atoms with Gasteiger partial charge in [-0.05, 0) is 112 Å². The van der Waals surface area contributed by atoms with Gasteiger partial charge >= 0.3 is 6.18 Å². The van der Waals surface area contributed by atoms with Gasteiger partial charge in [0.2, 0.25) is 0 Å². The van der Waals surface area contributed by atoms with Crippen molar-refractivity contribution in [3.63, 3.8) is 0 Å². The van der Waals surface area contributed by atoms with E-state index < -0.39 is 23.2 Å². The largest absolute Gasteiger partial charge is 0.416 e. The number of benzene rings is 3. The zero-order chi connectivity index (χ0) is 38.6. The Hall–Kier alpha value is -4.43. The Labute approximate surface area is 313 Å². The topological polar surface area (TPSA) is 113 Å². The van der Waals surface area contributed by atoms with Crippen LogP contribution >= 0.6 is 12.0 Å². The summed E-state index contributed by atoms with van der Waals surface area (Å²) in [4.78, 5) is 33.7. The van der Waals surface area contributed by atoms with Crippen LogP contribution in [0.4, 0.5) is 24.5 Å². The molecule has 1 heterocycles. The van der Waals surface area contributed by atoms with Crippen LogP contribution in [0.5, 0.6) is 0 Å². The number of aliphatic hydroxyl groups is 1. The predicted octanol–water partition coefficient (Wildman–Crippen LogP) is 8.48. The van der Waals surface area contributed by atoms with E-state index in [2.05, 4.69) is 20.5 Å². The minimum absolute atomic E-state index is 0.0313. The fourth-order valence-electron chi connectivity index (χ4n) is 5.54. The number of hydrogen-bond donors (Lipinski definition) is 3. The highest BCUT2D eigenvalue weighted by Crippen LogP contribution is 2.33. The summed E-state index contributed by atoms with van der Waals surface area (Å²) in [7, 11) is 0. The lowest BCUT2D eigenvalue weighted by Gasteiger charge is -2.27. The van der Waals surface area contributed by atoms with Gasteiger partial charge in [0.05, 0.1) is 35.8 Å². The van der Waals surface area contributed by atoms with E-state index in [0.717, 1.165) is 42.9 Å². The molecule has 3 aromatic carbocycles.